The minimum atomic E-state index is 0.886. The van der Waals surface area contributed by atoms with Gasteiger partial charge in [0.15, 0.2) is 0 Å². The van der Waals surface area contributed by atoms with Gasteiger partial charge in [-0.15, -0.1) is 12.3 Å². The third-order valence-electron chi connectivity index (χ3n) is 2.96. The molecule has 0 saturated carbocycles. The van der Waals surface area contributed by atoms with Crippen molar-refractivity contribution in [2.24, 2.45) is 5.92 Å². The van der Waals surface area contributed by atoms with Crippen molar-refractivity contribution in [3.8, 4) is 12.3 Å². The maximum absolute atomic E-state index is 5.25. The zero-order valence-electron chi connectivity index (χ0n) is 9.26. The highest BCUT2D eigenvalue weighted by molar-refractivity contribution is 4.85. The van der Waals surface area contributed by atoms with Crippen LogP contribution in [0.1, 0.15) is 26.2 Å². The molecule has 80 valence electrons. The summed E-state index contributed by atoms with van der Waals surface area (Å²) in [7, 11) is 0. The Morgan fingerprint density at radius 2 is 2.14 bits per heavy atom. The Hall–Kier alpha value is -0.520. The van der Waals surface area contributed by atoms with Crippen LogP contribution in [0.5, 0.6) is 0 Å². The molecule has 1 heterocycles. The first-order valence-electron chi connectivity index (χ1n) is 5.73. The Morgan fingerprint density at radius 3 is 2.71 bits per heavy atom. The Bertz CT molecular complexity index is 175. The quantitative estimate of drug-likeness (QED) is 0.664. The minimum absolute atomic E-state index is 0.886. The zero-order chi connectivity index (χ0) is 10.2. The molecule has 1 aliphatic heterocycles. The van der Waals surface area contributed by atoms with Crippen molar-refractivity contribution in [1.29, 1.82) is 0 Å². The van der Waals surface area contributed by atoms with Crippen molar-refractivity contribution < 1.29 is 0 Å². The number of piperidine rings is 1. The predicted molar refractivity (Wildman–Crippen MR) is 61.2 cm³/mol. The van der Waals surface area contributed by atoms with Crippen LogP contribution < -0.4 is 5.32 Å². The third kappa shape index (κ3) is 4.13. The molecule has 0 aromatic heterocycles. The smallest absolute Gasteiger partial charge is 0.0214 e. The number of nitrogens with one attached hydrogen (secondary N) is 1. The Balaban J connectivity index is 2.09. The maximum Gasteiger partial charge on any atom is 0.0214 e. The maximum atomic E-state index is 5.25. The molecule has 1 rings (SSSR count). The van der Waals surface area contributed by atoms with Crippen LogP contribution in [0, 0.1) is 18.3 Å². The van der Waals surface area contributed by atoms with Gasteiger partial charge < -0.3 is 10.2 Å². The summed E-state index contributed by atoms with van der Waals surface area (Å²) in [5.74, 6) is 3.59. The van der Waals surface area contributed by atoms with E-state index in [0.717, 1.165) is 25.4 Å². The van der Waals surface area contributed by atoms with Gasteiger partial charge in [-0.2, -0.15) is 0 Å². The first kappa shape index (κ1) is 11.6. The van der Waals surface area contributed by atoms with Gasteiger partial charge in [-0.25, -0.2) is 0 Å². The molecule has 2 nitrogen and oxygen atoms in total. The summed E-state index contributed by atoms with van der Waals surface area (Å²) in [5.41, 5.74) is 0. The van der Waals surface area contributed by atoms with Crippen LogP contribution in [0.15, 0.2) is 0 Å². The normalized spacial score (nSPS) is 19.4. The second-order valence-electron chi connectivity index (χ2n) is 4.05. The van der Waals surface area contributed by atoms with Gasteiger partial charge in [0.1, 0.15) is 0 Å². The third-order valence-corrected chi connectivity index (χ3v) is 2.96. The first-order valence-corrected chi connectivity index (χ1v) is 5.73. The van der Waals surface area contributed by atoms with E-state index in [2.05, 4.69) is 23.1 Å². The second kappa shape index (κ2) is 6.86. The van der Waals surface area contributed by atoms with E-state index >= 15 is 0 Å². The summed E-state index contributed by atoms with van der Waals surface area (Å²) in [5, 5.41) is 3.43. The van der Waals surface area contributed by atoms with Gasteiger partial charge >= 0.3 is 0 Å². The summed E-state index contributed by atoms with van der Waals surface area (Å²) in [4.78, 5) is 2.49. The van der Waals surface area contributed by atoms with E-state index in [9.17, 15) is 0 Å². The molecule has 1 fully saturated rings. The van der Waals surface area contributed by atoms with Gasteiger partial charge in [-0.05, 0) is 44.9 Å². The molecule has 0 atom stereocenters. The van der Waals surface area contributed by atoms with Gasteiger partial charge in [-0.1, -0.05) is 6.92 Å². The van der Waals surface area contributed by atoms with Crippen molar-refractivity contribution in [2.45, 2.75) is 26.2 Å². The molecule has 0 spiro atoms. The van der Waals surface area contributed by atoms with Crippen molar-refractivity contribution in [1.82, 2.24) is 10.2 Å². The molecule has 0 aromatic rings. The average molecular weight is 194 g/mol. The zero-order valence-corrected chi connectivity index (χ0v) is 9.26. The standard InChI is InChI=1S/C12H22N2/c1-3-5-8-14-9-6-12(7-10-14)11-13-4-2/h1,12-13H,4-11H2,2H3. The highest BCUT2D eigenvalue weighted by atomic mass is 15.1. The highest BCUT2D eigenvalue weighted by Gasteiger charge is 2.17. The number of hydrogen-bond acceptors (Lipinski definition) is 2. The van der Waals surface area contributed by atoms with E-state index in [1.54, 1.807) is 0 Å². The SMILES string of the molecule is C#CCCN1CCC(CNCC)CC1. The topological polar surface area (TPSA) is 15.3 Å². The number of nitrogens with zero attached hydrogens (tertiary/aromatic N) is 1. The fourth-order valence-corrected chi connectivity index (χ4v) is 1.99. The van der Waals surface area contributed by atoms with Gasteiger partial charge in [0.05, 0.1) is 0 Å². The fraction of sp³-hybridized carbons (Fsp3) is 0.833. The van der Waals surface area contributed by atoms with Crippen LogP contribution in [0.2, 0.25) is 0 Å². The minimum Gasteiger partial charge on any atom is -0.317 e. The summed E-state index contributed by atoms with van der Waals surface area (Å²) >= 11 is 0. The fourth-order valence-electron chi connectivity index (χ4n) is 1.99. The lowest BCUT2D eigenvalue weighted by molar-refractivity contribution is 0.186. The van der Waals surface area contributed by atoms with Crippen molar-refractivity contribution in [3.05, 3.63) is 0 Å². The number of likely N-dealkylation sites (tertiary alicyclic amines) is 1. The highest BCUT2D eigenvalue weighted by Crippen LogP contribution is 2.16. The lowest BCUT2D eigenvalue weighted by atomic mass is 9.97. The molecular weight excluding hydrogens is 172 g/mol. The Labute approximate surface area is 88.1 Å². The van der Waals surface area contributed by atoms with Crippen molar-refractivity contribution in [3.63, 3.8) is 0 Å². The van der Waals surface area contributed by atoms with Gasteiger partial charge in [0.2, 0.25) is 0 Å². The molecule has 0 unspecified atom stereocenters. The Kier molecular flexibility index (Phi) is 5.66. The number of hydrogen-bond donors (Lipinski definition) is 1. The number of rotatable bonds is 5. The van der Waals surface area contributed by atoms with E-state index in [1.807, 2.05) is 0 Å². The van der Waals surface area contributed by atoms with E-state index in [4.69, 9.17) is 6.42 Å². The van der Waals surface area contributed by atoms with E-state index in [-0.39, 0.29) is 0 Å². The summed E-state index contributed by atoms with van der Waals surface area (Å²) in [6.07, 6.45) is 8.81. The van der Waals surface area contributed by atoms with Crippen molar-refractivity contribution >= 4 is 0 Å². The lowest BCUT2D eigenvalue weighted by Crippen LogP contribution is -2.37. The van der Waals surface area contributed by atoms with Crippen LogP contribution in [0.25, 0.3) is 0 Å². The molecular formula is C12H22N2. The summed E-state index contributed by atoms with van der Waals surface area (Å²) < 4.78 is 0. The molecule has 0 aliphatic carbocycles. The Morgan fingerprint density at radius 1 is 1.43 bits per heavy atom. The molecule has 0 aromatic carbocycles. The average Bonchev–Trinajstić information content (AvgIpc) is 2.25. The molecule has 0 radical (unpaired) electrons. The van der Waals surface area contributed by atoms with E-state index in [0.29, 0.717) is 0 Å². The molecule has 1 N–H and O–H groups in total. The van der Waals surface area contributed by atoms with Crippen LogP contribution in [-0.4, -0.2) is 37.6 Å². The molecule has 2 heteroatoms. The van der Waals surface area contributed by atoms with Crippen molar-refractivity contribution in [2.75, 3.05) is 32.7 Å². The second-order valence-corrected chi connectivity index (χ2v) is 4.05. The van der Waals surface area contributed by atoms with Gasteiger partial charge in [-0.3, -0.25) is 0 Å². The molecule has 0 bridgehead atoms. The van der Waals surface area contributed by atoms with E-state index < -0.39 is 0 Å². The largest absolute Gasteiger partial charge is 0.317 e. The van der Waals surface area contributed by atoms with E-state index in [1.165, 1.54) is 32.5 Å². The van der Waals surface area contributed by atoms with Crippen LogP contribution in [0.4, 0.5) is 0 Å². The molecule has 1 aliphatic rings. The number of terminal acetylenes is 1. The summed E-state index contributed by atoms with van der Waals surface area (Å²) in [6, 6.07) is 0. The monoisotopic (exact) mass is 194 g/mol. The summed E-state index contributed by atoms with van der Waals surface area (Å²) in [6.45, 7) is 8.01. The molecule has 0 amide bonds. The first-order chi connectivity index (χ1) is 6.86. The predicted octanol–water partition coefficient (Wildman–Crippen LogP) is 1.33. The molecule has 1 saturated heterocycles. The van der Waals surface area contributed by atoms with Gasteiger partial charge in [0.25, 0.3) is 0 Å². The van der Waals surface area contributed by atoms with Crippen LogP contribution in [0.3, 0.4) is 0 Å². The van der Waals surface area contributed by atoms with Crippen LogP contribution >= 0.6 is 0 Å². The lowest BCUT2D eigenvalue weighted by Gasteiger charge is -2.31. The van der Waals surface area contributed by atoms with Gasteiger partial charge in [0, 0.05) is 13.0 Å². The molecule has 14 heavy (non-hydrogen) atoms. The van der Waals surface area contributed by atoms with Crippen LogP contribution in [-0.2, 0) is 0 Å².